The molecule has 1 atom stereocenters. The van der Waals surface area contributed by atoms with Crippen LogP contribution in [0, 0.1) is 5.82 Å². The van der Waals surface area contributed by atoms with Gasteiger partial charge in [-0.3, -0.25) is 9.59 Å². The van der Waals surface area contributed by atoms with Gasteiger partial charge in [0.25, 0.3) is 5.91 Å². The highest BCUT2D eigenvalue weighted by Crippen LogP contribution is 2.43. The number of hydrogen-bond acceptors (Lipinski definition) is 4. The first-order valence-corrected chi connectivity index (χ1v) is 11.6. The normalized spacial score (nSPS) is 17.5. The molecule has 0 bridgehead atoms. The number of nitrogens with one attached hydrogen (secondary N) is 2. The minimum Gasteiger partial charge on any atom is -0.457 e. The number of allylic oxidation sites excluding steroid dienone is 3. The molecular formula is C29H25FN2O3. The average Bonchev–Trinajstić information content (AvgIpc) is 2.84. The van der Waals surface area contributed by atoms with Gasteiger partial charge in [-0.05, 0) is 67.8 Å². The van der Waals surface area contributed by atoms with Crippen LogP contribution in [0.3, 0.4) is 0 Å². The molecule has 0 saturated heterocycles. The summed E-state index contributed by atoms with van der Waals surface area (Å²) in [7, 11) is 0. The molecule has 2 aliphatic rings. The van der Waals surface area contributed by atoms with Gasteiger partial charge in [0.1, 0.15) is 17.3 Å². The first-order valence-electron chi connectivity index (χ1n) is 11.6. The van der Waals surface area contributed by atoms with Crippen molar-refractivity contribution in [2.24, 2.45) is 0 Å². The second kappa shape index (κ2) is 9.58. The average molecular weight is 469 g/mol. The van der Waals surface area contributed by atoms with Crippen molar-refractivity contribution in [2.45, 2.75) is 32.1 Å². The van der Waals surface area contributed by atoms with Crippen LogP contribution < -0.4 is 15.4 Å². The Morgan fingerprint density at radius 3 is 2.54 bits per heavy atom. The van der Waals surface area contributed by atoms with Gasteiger partial charge in [0, 0.05) is 40.6 Å². The predicted molar refractivity (Wildman–Crippen MR) is 132 cm³/mol. The maximum Gasteiger partial charge on any atom is 0.254 e. The summed E-state index contributed by atoms with van der Waals surface area (Å²) in [5.74, 6) is -0.0526. The standard InChI is InChI=1S/C29H25FN2O3/c1-18-26(29(34)32-21-10-6-9-20(30)17-21)27(28-24(31-18)14-7-15-25(28)33)19-8-5-13-23(16-19)35-22-11-3-2-4-12-22/h2-6,8-13,16-17,27,31H,7,14-15H2,1H3,(H,32,34). The third-order valence-corrected chi connectivity index (χ3v) is 6.27. The zero-order valence-corrected chi connectivity index (χ0v) is 19.3. The Morgan fingerprint density at radius 2 is 1.74 bits per heavy atom. The van der Waals surface area contributed by atoms with E-state index in [1.165, 1.54) is 12.1 Å². The number of ether oxygens (including phenoxy) is 1. The lowest BCUT2D eigenvalue weighted by Crippen LogP contribution is -2.35. The highest BCUT2D eigenvalue weighted by atomic mass is 19.1. The molecule has 5 rings (SSSR count). The van der Waals surface area contributed by atoms with Crippen molar-refractivity contribution in [3.05, 3.63) is 113 Å². The summed E-state index contributed by atoms with van der Waals surface area (Å²) in [5.41, 5.74) is 3.71. The van der Waals surface area contributed by atoms with Gasteiger partial charge in [-0.2, -0.15) is 0 Å². The number of carbonyl (C=O) groups is 2. The van der Waals surface area contributed by atoms with Crippen molar-refractivity contribution in [1.82, 2.24) is 5.32 Å². The third kappa shape index (κ3) is 4.73. The van der Waals surface area contributed by atoms with Crippen molar-refractivity contribution in [3.63, 3.8) is 0 Å². The Balaban J connectivity index is 1.56. The molecule has 1 aliphatic carbocycles. The van der Waals surface area contributed by atoms with E-state index in [1.54, 1.807) is 12.1 Å². The van der Waals surface area contributed by atoms with E-state index in [0.717, 1.165) is 24.1 Å². The molecule has 0 fully saturated rings. The number of benzene rings is 3. The zero-order valence-electron chi connectivity index (χ0n) is 19.3. The molecule has 1 aliphatic heterocycles. The Morgan fingerprint density at radius 1 is 0.971 bits per heavy atom. The molecule has 1 amide bonds. The molecule has 0 aromatic heterocycles. The minimum absolute atomic E-state index is 0.0293. The van der Waals surface area contributed by atoms with Crippen molar-refractivity contribution < 1.29 is 18.7 Å². The van der Waals surface area contributed by atoms with Crippen LogP contribution in [0.15, 0.2) is 101 Å². The highest BCUT2D eigenvalue weighted by Gasteiger charge is 2.38. The first-order chi connectivity index (χ1) is 17.0. The largest absolute Gasteiger partial charge is 0.457 e. The van der Waals surface area contributed by atoms with Crippen molar-refractivity contribution >= 4 is 17.4 Å². The molecule has 2 N–H and O–H groups in total. The molecule has 176 valence electrons. The minimum atomic E-state index is -0.563. The summed E-state index contributed by atoms with van der Waals surface area (Å²) < 4.78 is 19.8. The van der Waals surface area contributed by atoms with Gasteiger partial charge < -0.3 is 15.4 Å². The lowest BCUT2D eigenvalue weighted by atomic mass is 9.75. The maximum absolute atomic E-state index is 13.7. The molecule has 6 heteroatoms. The fraction of sp³-hybridized carbons (Fsp3) is 0.172. The number of para-hydroxylation sites is 1. The van der Waals surface area contributed by atoms with Crippen LogP contribution in [0.2, 0.25) is 0 Å². The molecule has 1 unspecified atom stereocenters. The number of anilines is 1. The molecule has 35 heavy (non-hydrogen) atoms. The van der Waals surface area contributed by atoms with E-state index in [0.29, 0.717) is 40.5 Å². The van der Waals surface area contributed by atoms with Gasteiger partial charge in [-0.25, -0.2) is 4.39 Å². The summed E-state index contributed by atoms with van der Waals surface area (Å²) in [6.45, 7) is 1.83. The van der Waals surface area contributed by atoms with Crippen molar-refractivity contribution in [2.75, 3.05) is 5.32 Å². The van der Waals surface area contributed by atoms with E-state index in [-0.39, 0.29) is 11.7 Å². The summed E-state index contributed by atoms with van der Waals surface area (Å²) in [4.78, 5) is 26.7. The number of rotatable bonds is 5. The van der Waals surface area contributed by atoms with Gasteiger partial charge in [-0.15, -0.1) is 0 Å². The number of ketones is 1. The van der Waals surface area contributed by atoms with Crippen LogP contribution in [0.25, 0.3) is 0 Å². The van der Waals surface area contributed by atoms with E-state index in [9.17, 15) is 14.0 Å². The monoisotopic (exact) mass is 468 g/mol. The lowest BCUT2D eigenvalue weighted by molar-refractivity contribution is -0.116. The van der Waals surface area contributed by atoms with Crippen LogP contribution in [-0.2, 0) is 9.59 Å². The lowest BCUT2D eigenvalue weighted by Gasteiger charge is -2.34. The molecule has 5 nitrogen and oxygen atoms in total. The van der Waals surface area contributed by atoms with Gasteiger partial charge >= 0.3 is 0 Å². The number of carbonyl (C=O) groups excluding carboxylic acids is 2. The van der Waals surface area contributed by atoms with Crippen LogP contribution in [0.5, 0.6) is 11.5 Å². The molecule has 0 saturated carbocycles. The number of dihydropyridines is 1. The molecular weight excluding hydrogens is 443 g/mol. The second-order valence-electron chi connectivity index (χ2n) is 8.72. The summed E-state index contributed by atoms with van der Waals surface area (Å²) in [6.07, 6.45) is 1.95. The number of hydrogen-bond donors (Lipinski definition) is 2. The summed E-state index contributed by atoms with van der Waals surface area (Å²) in [6, 6.07) is 22.7. The van der Waals surface area contributed by atoms with E-state index in [2.05, 4.69) is 10.6 Å². The van der Waals surface area contributed by atoms with Gasteiger partial charge in [0.2, 0.25) is 0 Å². The van der Waals surface area contributed by atoms with Gasteiger partial charge in [0.05, 0.1) is 0 Å². The molecule has 0 radical (unpaired) electrons. The van der Waals surface area contributed by atoms with Gasteiger partial charge in [0.15, 0.2) is 5.78 Å². The number of halogens is 1. The van der Waals surface area contributed by atoms with Crippen molar-refractivity contribution in [1.29, 1.82) is 0 Å². The summed E-state index contributed by atoms with van der Waals surface area (Å²) in [5, 5.41) is 6.11. The van der Waals surface area contributed by atoms with E-state index >= 15 is 0 Å². The van der Waals surface area contributed by atoms with E-state index < -0.39 is 11.7 Å². The van der Waals surface area contributed by atoms with Crippen LogP contribution in [0.4, 0.5) is 10.1 Å². The molecule has 1 heterocycles. The van der Waals surface area contributed by atoms with E-state index in [4.69, 9.17) is 4.74 Å². The van der Waals surface area contributed by atoms with Crippen LogP contribution in [0.1, 0.15) is 37.7 Å². The smallest absolute Gasteiger partial charge is 0.254 e. The SMILES string of the molecule is CC1=C(C(=O)Nc2cccc(F)c2)C(c2cccc(Oc3ccccc3)c2)C2=C(CCCC2=O)N1. The second-order valence-corrected chi connectivity index (χ2v) is 8.72. The summed E-state index contributed by atoms with van der Waals surface area (Å²) >= 11 is 0. The molecule has 3 aromatic rings. The fourth-order valence-corrected chi connectivity index (χ4v) is 4.76. The van der Waals surface area contributed by atoms with Crippen LogP contribution in [-0.4, -0.2) is 11.7 Å². The van der Waals surface area contributed by atoms with Crippen molar-refractivity contribution in [3.8, 4) is 11.5 Å². The topological polar surface area (TPSA) is 67.4 Å². The highest BCUT2D eigenvalue weighted by molar-refractivity contribution is 6.09. The Labute approximate surface area is 203 Å². The van der Waals surface area contributed by atoms with Gasteiger partial charge in [-0.1, -0.05) is 36.4 Å². The Hall–Kier alpha value is -4.19. The predicted octanol–water partition coefficient (Wildman–Crippen LogP) is 6.22. The van der Waals surface area contributed by atoms with E-state index in [1.807, 2.05) is 61.5 Å². The third-order valence-electron chi connectivity index (χ3n) is 6.27. The quantitative estimate of drug-likeness (QED) is 0.466. The zero-order chi connectivity index (χ0) is 24.4. The maximum atomic E-state index is 13.7. The molecule has 0 spiro atoms. The number of amides is 1. The number of Topliss-reactive ketones (excluding diaryl/α,β-unsaturated/α-hetero) is 1. The molecule has 3 aromatic carbocycles. The first kappa shape index (κ1) is 22.6. The van der Waals surface area contributed by atoms with Crippen LogP contribution >= 0.6 is 0 Å². The fourth-order valence-electron chi connectivity index (χ4n) is 4.76. The Kier molecular flexibility index (Phi) is 6.19. The Bertz CT molecular complexity index is 1360.